The third-order valence-electron chi connectivity index (χ3n) is 3.95. The minimum Gasteiger partial charge on any atom is -0.354 e. The van der Waals surface area contributed by atoms with Gasteiger partial charge in [-0.05, 0) is 37.5 Å². The monoisotopic (exact) mass is 318 g/mol. The summed E-state index contributed by atoms with van der Waals surface area (Å²) in [4.78, 5) is 31.1. The molecule has 3 N–H and O–H groups in total. The van der Waals surface area contributed by atoms with Crippen LogP contribution in [0.15, 0.2) is 18.2 Å². The number of halogens is 1. The predicted molar refractivity (Wildman–Crippen MR) is 83.2 cm³/mol. The molecular formula is C16H19FN4O2. The summed E-state index contributed by atoms with van der Waals surface area (Å²) in [7, 11) is 0. The first-order chi connectivity index (χ1) is 11.1. The zero-order valence-corrected chi connectivity index (χ0v) is 12.7. The highest BCUT2D eigenvalue weighted by Crippen LogP contribution is 2.14. The van der Waals surface area contributed by atoms with Crippen molar-refractivity contribution in [1.82, 2.24) is 20.6 Å². The van der Waals surface area contributed by atoms with E-state index in [0.29, 0.717) is 36.2 Å². The van der Waals surface area contributed by atoms with Crippen molar-refractivity contribution in [3.05, 3.63) is 29.8 Å². The molecule has 2 heterocycles. The molecule has 0 saturated carbocycles. The van der Waals surface area contributed by atoms with Crippen molar-refractivity contribution in [3.8, 4) is 0 Å². The number of aromatic amines is 1. The first-order valence-corrected chi connectivity index (χ1v) is 7.83. The van der Waals surface area contributed by atoms with Gasteiger partial charge in [0.2, 0.25) is 11.8 Å². The number of benzene rings is 1. The van der Waals surface area contributed by atoms with E-state index in [1.165, 1.54) is 12.1 Å². The highest BCUT2D eigenvalue weighted by molar-refractivity contribution is 5.87. The third-order valence-corrected chi connectivity index (χ3v) is 3.95. The predicted octanol–water partition coefficient (Wildman–Crippen LogP) is 1.42. The molecule has 23 heavy (non-hydrogen) atoms. The summed E-state index contributed by atoms with van der Waals surface area (Å²) in [5.41, 5.74) is 1.29. The van der Waals surface area contributed by atoms with Crippen molar-refractivity contribution >= 4 is 22.8 Å². The van der Waals surface area contributed by atoms with Gasteiger partial charge in [0.05, 0.1) is 11.0 Å². The second-order valence-corrected chi connectivity index (χ2v) is 5.75. The van der Waals surface area contributed by atoms with Gasteiger partial charge in [-0.2, -0.15) is 0 Å². The lowest BCUT2D eigenvalue weighted by Gasteiger charge is -2.14. The number of nitrogens with zero attached hydrogens (tertiary/aromatic N) is 1. The molecule has 1 atom stereocenters. The van der Waals surface area contributed by atoms with Gasteiger partial charge in [0, 0.05) is 19.4 Å². The summed E-state index contributed by atoms with van der Waals surface area (Å²) in [6.45, 7) is 0.667. The number of carbonyl (C=O) groups is 2. The first kappa shape index (κ1) is 15.5. The maximum absolute atomic E-state index is 13.1. The Balaban J connectivity index is 1.56. The summed E-state index contributed by atoms with van der Waals surface area (Å²) in [6, 6.07) is 3.88. The van der Waals surface area contributed by atoms with Gasteiger partial charge >= 0.3 is 0 Å². The summed E-state index contributed by atoms with van der Waals surface area (Å²) in [5, 5.41) is 5.56. The van der Waals surface area contributed by atoms with Crippen molar-refractivity contribution in [2.24, 2.45) is 0 Å². The molecule has 2 amide bonds. The molecule has 0 aliphatic carbocycles. The molecule has 0 radical (unpaired) electrons. The van der Waals surface area contributed by atoms with Crippen molar-refractivity contribution < 1.29 is 14.0 Å². The Bertz CT molecular complexity index is 728. The molecule has 122 valence electrons. The van der Waals surface area contributed by atoms with Gasteiger partial charge in [-0.15, -0.1) is 0 Å². The number of nitrogens with one attached hydrogen (secondary N) is 3. The van der Waals surface area contributed by atoms with Gasteiger partial charge in [-0.25, -0.2) is 9.37 Å². The Morgan fingerprint density at radius 1 is 1.39 bits per heavy atom. The molecule has 1 aliphatic heterocycles. The van der Waals surface area contributed by atoms with E-state index in [1.54, 1.807) is 6.07 Å². The zero-order valence-electron chi connectivity index (χ0n) is 12.7. The number of H-pyrrole nitrogens is 1. The maximum atomic E-state index is 13.1. The lowest BCUT2D eigenvalue weighted by Crippen LogP contribution is -2.45. The van der Waals surface area contributed by atoms with E-state index < -0.39 is 6.04 Å². The number of imidazole rings is 1. The van der Waals surface area contributed by atoms with Crippen LogP contribution in [-0.2, 0) is 16.0 Å². The van der Waals surface area contributed by atoms with Crippen LogP contribution in [0.1, 0.15) is 31.5 Å². The number of rotatable bonds is 4. The highest BCUT2D eigenvalue weighted by atomic mass is 19.1. The van der Waals surface area contributed by atoms with Gasteiger partial charge in [0.1, 0.15) is 17.7 Å². The molecular weight excluding hydrogens is 299 g/mol. The maximum Gasteiger partial charge on any atom is 0.242 e. The van der Waals surface area contributed by atoms with Crippen LogP contribution < -0.4 is 10.6 Å². The number of hydrogen-bond acceptors (Lipinski definition) is 3. The lowest BCUT2D eigenvalue weighted by molar-refractivity contribution is -0.128. The number of amides is 2. The van der Waals surface area contributed by atoms with Crippen LogP contribution in [0.5, 0.6) is 0 Å². The fourth-order valence-electron chi connectivity index (χ4n) is 2.73. The molecule has 1 aromatic heterocycles. The molecule has 7 heteroatoms. The summed E-state index contributed by atoms with van der Waals surface area (Å²) in [6.07, 6.45) is 3.16. The van der Waals surface area contributed by atoms with Gasteiger partial charge in [-0.3, -0.25) is 9.59 Å². The number of fused-ring (bicyclic) bond motifs is 1. The second-order valence-electron chi connectivity index (χ2n) is 5.75. The van der Waals surface area contributed by atoms with Crippen LogP contribution in [-0.4, -0.2) is 34.4 Å². The molecule has 1 aliphatic rings. The van der Waals surface area contributed by atoms with Crippen molar-refractivity contribution in [1.29, 1.82) is 0 Å². The van der Waals surface area contributed by atoms with Gasteiger partial charge < -0.3 is 15.6 Å². The van der Waals surface area contributed by atoms with Gasteiger partial charge in [-0.1, -0.05) is 0 Å². The van der Waals surface area contributed by atoms with Crippen LogP contribution in [0.2, 0.25) is 0 Å². The smallest absolute Gasteiger partial charge is 0.242 e. The van der Waals surface area contributed by atoms with Crippen LogP contribution >= 0.6 is 0 Å². The van der Waals surface area contributed by atoms with Crippen molar-refractivity contribution in [3.63, 3.8) is 0 Å². The Hall–Kier alpha value is -2.44. The minimum absolute atomic E-state index is 0.116. The molecule has 0 unspecified atom stereocenters. The number of hydrogen-bond donors (Lipinski definition) is 3. The third kappa shape index (κ3) is 3.85. The standard InChI is InChI=1S/C16H19FN4O2/c17-10-4-5-11-13(9-10)20-14(19-11)6-7-15(22)21-12-3-1-2-8-18-16(12)23/h4-5,9,12H,1-3,6-8H2,(H,18,23)(H,19,20)(H,21,22)/t12-/m1/s1. The van der Waals surface area contributed by atoms with Crippen LogP contribution in [0.3, 0.4) is 0 Å². The quantitative estimate of drug-likeness (QED) is 0.797. The van der Waals surface area contributed by atoms with E-state index in [9.17, 15) is 14.0 Å². The van der Waals surface area contributed by atoms with Crippen LogP contribution in [0.4, 0.5) is 4.39 Å². The summed E-state index contributed by atoms with van der Waals surface area (Å²) in [5.74, 6) is 0.00429. The molecule has 0 bridgehead atoms. The van der Waals surface area contributed by atoms with Gasteiger partial charge in [0.15, 0.2) is 0 Å². The normalized spacial score (nSPS) is 18.5. The Labute approximate surface area is 132 Å². The second kappa shape index (κ2) is 6.76. The lowest BCUT2D eigenvalue weighted by atomic mass is 10.1. The molecule has 6 nitrogen and oxygen atoms in total. The van der Waals surface area contributed by atoms with Gasteiger partial charge in [0.25, 0.3) is 0 Å². The number of aryl methyl sites for hydroxylation is 1. The molecule has 1 aromatic carbocycles. The fraction of sp³-hybridized carbons (Fsp3) is 0.438. The molecule has 1 fully saturated rings. The summed E-state index contributed by atoms with van der Waals surface area (Å²) >= 11 is 0. The zero-order chi connectivity index (χ0) is 16.2. The summed E-state index contributed by atoms with van der Waals surface area (Å²) < 4.78 is 13.1. The molecule has 0 spiro atoms. The van der Waals surface area contributed by atoms with E-state index in [1.807, 2.05) is 0 Å². The largest absolute Gasteiger partial charge is 0.354 e. The van der Waals surface area contributed by atoms with Crippen LogP contribution in [0, 0.1) is 5.82 Å². The van der Waals surface area contributed by atoms with E-state index in [2.05, 4.69) is 20.6 Å². The van der Waals surface area contributed by atoms with E-state index in [4.69, 9.17) is 0 Å². The molecule has 1 saturated heterocycles. The topological polar surface area (TPSA) is 86.9 Å². The van der Waals surface area contributed by atoms with Crippen molar-refractivity contribution in [2.75, 3.05) is 6.54 Å². The number of carbonyl (C=O) groups excluding carboxylic acids is 2. The average molecular weight is 318 g/mol. The van der Waals surface area contributed by atoms with Crippen LogP contribution in [0.25, 0.3) is 11.0 Å². The Morgan fingerprint density at radius 3 is 3.13 bits per heavy atom. The Kier molecular flexibility index (Phi) is 4.55. The molecule has 2 aromatic rings. The molecule has 3 rings (SSSR count). The fourth-order valence-corrected chi connectivity index (χ4v) is 2.73. The van der Waals surface area contributed by atoms with E-state index in [-0.39, 0.29) is 24.1 Å². The SMILES string of the molecule is O=C(CCc1nc2ccc(F)cc2[nH]1)N[C@@H]1CCCCNC1=O. The highest BCUT2D eigenvalue weighted by Gasteiger charge is 2.22. The first-order valence-electron chi connectivity index (χ1n) is 7.83. The minimum atomic E-state index is -0.449. The average Bonchev–Trinajstić information content (AvgIpc) is 2.82. The Morgan fingerprint density at radius 2 is 2.26 bits per heavy atom. The van der Waals surface area contributed by atoms with E-state index in [0.717, 1.165) is 12.8 Å². The van der Waals surface area contributed by atoms with Crippen molar-refractivity contribution in [2.45, 2.75) is 38.1 Å². The number of aromatic nitrogens is 2. The van der Waals surface area contributed by atoms with E-state index >= 15 is 0 Å².